The molecular weight excluding hydrogens is 312 g/mol. The van der Waals surface area contributed by atoms with Crippen LogP contribution in [0.15, 0.2) is 35.5 Å². The number of amides is 1. The van der Waals surface area contributed by atoms with Crippen molar-refractivity contribution in [3.63, 3.8) is 0 Å². The van der Waals surface area contributed by atoms with E-state index in [-0.39, 0.29) is 5.91 Å². The summed E-state index contributed by atoms with van der Waals surface area (Å²) in [6, 6.07) is 10.3. The Morgan fingerprint density at radius 1 is 1.17 bits per heavy atom. The molecule has 1 fully saturated rings. The van der Waals surface area contributed by atoms with E-state index in [0.29, 0.717) is 16.7 Å². The number of rotatable bonds is 4. The predicted octanol–water partition coefficient (Wildman–Crippen LogP) is 0.741. The first kappa shape index (κ1) is 15.7. The summed E-state index contributed by atoms with van der Waals surface area (Å²) in [6.45, 7) is 4.96. The van der Waals surface area contributed by atoms with Gasteiger partial charge in [0, 0.05) is 31.9 Å². The van der Waals surface area contributed by atoms with Crippen molar-refractivity contribution in [2.45, 2.75) is 12.1 Å². The molecule has 0 radical (unpaired) electrons. The molecule has 0 atom stereocenters. The number of aryl methyl sites for hydroxylation is 1. The van der Waals surface area contributed by atoms with E-state index in [2.05, 4.69) is 27.2 Å². The summed E-state index contributed by atoms with van der Waals surface area (Å²) in [5, 5.41) is 8.41. The fourth-order valence-corrected chi connectivity index (χ4v) is 3.32. The Kier molecular flexibility index (Phi) is 4.71. The Bertz CT molecular complexity index is 666. The second kappa shape index (κ2) is 6.91. The van der Waals surface area contributed by atoms with Crippen LogP contribution in [0.5, 0.6) is 0 Å². The standard InChI is InChI=1S/C15H20N6OS/c1-12-17-18-15(21(12)16)23-11-14(22)20-9-7-19(8-10-20)13-5-3-2-4-6-13/h2-6H,7-11,16H2,1H3. The third kappa shape index (κ3) is 3.58. The van der Waals surface area contributed by atoms with Crippen molar-refractivity contribution in [3.8, 4) is 0 Å². The minimum absolute atomic E-state index is 0.114. The molecule has 1 amide bonds. The number of nitrogens with two attached hydrogens (primary N) is 1. The van der Waals surface area contributed by atoms with Gasteiger partial charge in [0.15, 0.2) is 0 Å². The van der Waals surface area contributed by atoms with E-state index in [1.54, 1.807) is 6.92 Å². The maximum absolute atomic E-state index is 12.3. The topological polar surface area (TPSA) is 80.3 Å². The average molecular weight is 332 g/mol. The first-order valence-electron chi connectivity index (χ1n) is 7.53. The Balaban J connectivity index is 1.49. The van der Waals surface area contributed by atoms with Crippen molar-refractivity contribution in [1.29, 1.82) is 0 Å². The first-order valence-corrected chi connectivity index (χ1v) is 8.51. The van der Waals surface area contributed by atoms with Gasteiger partial charge in [-0.25, -0.2) is 4.68 Å². The van der Waals surface area contributed by atoms with Crippen LogP contribution in [0, 0.1) is 6.92 Å². The fourth-order valence-electron chi connectivity index (χ4n) is 2.52. The van der Waals surface area contributed by atoms with Crippen LogP contribution in [0.4, 0.5) is 5.69 Å². The average Bonchev–Trinajstić information content (AvgIpc) is 2.92. The van der Waals surface area contributed by atoms with Gasteiger partial charge in [0.2, 0.25) is 11.1 Å². The lowest BCUT2D eigenvalue weighted by Crippen LogP contribution is -2.49. The Hall–Kier alpha value is -2.22. The Morgan fingerprint density at radius 3 is 2.48 bits per heavy atom. The van der Waals surface area contributed by atoms with Crippen molar-refractivity contribution in [2.24, 2.45) is 0 Å². The number of piperazine rings is 1. The molecule has 1 aliphatic heterocycles. The maximum Gasteiger partial charge on any atom is 0.233 e. The first-order chi connectivity index (χ1) is 11.1. The summed E-state index contributed by atoms with van der Waals surface area (Å²) in [5.41, 5.74) is 1.21. The number of carbonyl (C=O) groups excluding carboxylic acids is 1. The van der Waals surface area contributed by atoms with Crippen LogP contribution in [0.1, 0.15) is 5.82 Å². The highest BCUT2D eigenvalue weighted by Gasteiger charge is 2.21. The minimum Gasteiger partial charge on any atom is -0.368 e. The van der Waals surface area contributed by atoms with Crippen molar-refractivity contribution in [1.82, 2.24) is 19.8 Å². The highest BCUT2D eigenvalue weighted by molar-refractivity contribution is 7.99. The number of aromatic nitrogens is 3. The zero-order valence-corrected chi connectivity index (χ0v) is 13.9. The number of hydrogen-bond acceptors (Lipinski definition) is 6. The number of benzene rings is 1. The molecule has 8 heteroatoms. The van der Waals surface area contributed by atoms with E-state index in [0.717, 1.165) is 26.2 Å². The number of anilines is 1. The lowest BCUT2D eigenvalue weighted by molar-refractivity contribution is -0.128. The second-order valence-electron chi connectivity index (χ2n) is 5.39. The van der Waals surface area contributed by atoms with Crippen LogP contribution in [-0.4, -0.2) is 57.6 Å². The molecule has 1 aromatic heterocycles. The van der Waals surface area contributed by atoms with Gasteiger partial charge in [-0.15, -0.1) is 10.2 Å². The maximum atomic E-state index is 12.3. The van der Waals surface area contributed by atoms with Gasteiger partial charge in [-0.3, -0.25) is 4.79 Å². The van der Waals surface area contributed by atoms with Crippen molar-refractivity contribution in [3.05, 3.63) is 36.2 Å². The van der Waals surface area contributed by atoms with Crippen LogP contribution in [0.3, 0.4) is 0 Å². The lowest BCUT2D eigenvalue weighted by atomic mass is 10.2. The Labute approximate surface area is 139 Å². The van der Waals surface area contributed by atoms with Crippen LogP contribution >= 0.6 is 11.8 Å². The van der Waals surface area contributed by atoms with E-state index in [1.165, 1.54) is 22.1 Å². The summed E-state index contributed by atoms with van der Waals surface area (Å²) in [6.07, 6.45) is 0. The van der Waals surface area contributed by atoms with Crippen molar-refractivity contribution >= 4 is 23.4 Å². The molecule has 1 aliphatic rings. The van der Waals surface area contributed by atoms with Gasteiger partial charge < -0.3 is 15.6 Å². The third-order valence-electron chi connectivity index (χ3n) is 3.91. The molecule has 122 valence electrons. The van der Waals surface area contributed by atoms with E-state index in [1.807, 2.05) is 23.1 Å². The summed E-state index contributed by atoms with van der Waals surface area (Å²) >= 11 is 1.33. The predicted molar refractivity (Wildman–Crippen MR) is 90.9 cm³/mol. The third-order valence-corrected chi connectivity index (χ3v) is 4.84. The molecule has 0 bridgehead atoms. The van der Waals surface area contributed by atoms with Crippen LogP contribution in [-0.2, 0) is 4.79 Å². The molecule has 0 aliphatic carbocycles. The van der Waals surface area contributed by atoms with Gasteiger partial charge in [0.05, 0.1) is 5.75 Å². The second-order valence-corrected chi connectivity index (χ2v) is 6.33. The lowest BCUT2D eigenvalue weighted by Gasteiger charge is -2.36. The summed E-state index contributed by atoms with van der Waals surface area (Å²) in [7, 11) is 0. The molecule has 1 aromatic carbocycles. The molecule has 0 unspecified atom stereocenters. The van der Waals surface area contributed by atoms with Crippen LogP contribution < -0.4 is 10.7 Å². The smallest absolute Gasteiger partial charge is 0.233 e. The Morgan fingerprint density at radius 2 is 1.87 bits per heavy atom. The normalized spacial score (nSPS) is 15.0. The fraction of sp³-hybridized carbons (Fsp3) is 0.400. The molecule has 3 rings (SSSR count). The van der Waals surface area contributed by atoms with Crippen molar-refractivity contribution in [2.75, 3.05) is 42.7 Å². The molecular formula is C15H20N6OS. The van der Waals surface area contributed by atoms with Crippen molar-refractivity contribution < 1.29 is 4.79 Å². The highest BCUT2D eigenvalue weighted by atomic mass is 32.2. The molecule has 23 heavy (non-hydrogen) atoms. The molecule has 7 nitrogen and oxygen atoms in total. The van der Waals surface area contributed by atoms with Gasteiger partial charge in [-0.05, 0) is 19.1 Å². The summed E-state index contributed by atoms with van der Waals surface area (Å²) < 4.78 is 1.41. The molecule has 2 N–H and O–H groups in total. The molecule has 0 spiro atoms. The quantitative estimate of drug-likeness (QED) is 0.657. The van der Waals surface area contributed by atoms with Gasteiger partial charge in [0.25, 0.3) is 0 Å². The number of para-hydroxylation sites is 1. The zero-order chi connectivity index (χ0) is 16.2. The van der Waals surface area contributed by atoms with E-state index in [4.69, 9.17) is 5.84 Å². The molecule has 2 heterocycles. The highest BCUT2D eigenvalue weighted by Crippen LogP contribution is 2.18. The number of nitrogens with zero attached hydrogens (tertiary/aromatic N) is 5. The van der Waals surface area contributed by atoms with E-state index >= 15 is 0 Å². The monoisotopic (exact) mass is 332 g/mol. The van der Waals surface area contributed by atoms with Crippen LogP contribution in [0.2, 0.25) is 0 Å². The van der Waals surface area contributed by atoms with Crippen LogP contribution in [0.25, 0.3) is 0 Å². The summed E-state index contributed by atoms with van der Waals surface area (Å²) in [4.78, 5) is 16.5. The van der Waals surface area contributed by atoms with E-state index < -0.39 is 0 Å². The largest absolute Gasteiger partial charge is 0.368 e. The molecule has 1 saturated heterocycles. The molecule has 0 saturated carbocycles. The summed E-state index contributed by atoms with van der Waals surface area (Å²) in [5.74, 6) is 6.87. The van der Waals surface area contributed by atoms with Gasteiger partial charge in [-0.2, -0.15) is 0 Å². The number of carbonyl (C=O) groups is 1. The van der Waals surface area contributed by atoms with Gasteiger partial charge in [-0.1, -0.05) is 30.0 Å². The number of nitrogen functional groups attached to an aromatic ring is 1. The number of hydrogen-bond donors (Lipinski definition) is 1. The van der Waals surface area contributed by atoms with Gasteiger partial charge >= 0.3 is 0 Å². The minimum atomic E-state index is 0.114. The van der Waals surface area contributed by atoms with E-state index in [9.17, 15) is 4.79 Å². The molecule has 2 aromatic rings. The van der Waals surface area contributed by atoms with Gasteiger partial charge in [0.1, 0.15) is 5.82 Å². The SMILES string of the molecule is Cc1nnc(SCC(=O)N2CCN(c3ccccc3)CC2)n1N. The number of thioether (sulfide) groups is 1. The zero-order valence-electron chi connectivity index (χ0n) is 13.1.